The predicted molar refractivity (Wildman–Crippen MR) is 66.2 cm³/mol. The smallest absolute Gasteiger partial charge is 0.164 e. The van der Waals surface area contributed by atoms with Gasteiger partial charge < -0.3 is 0 Å². The normalized spacial score (nSPS) is 10.3. The quantitative estimate of drug-likeness (QED) is 0.777. The second-order valence-electron chi connectivity index (χ2n) is 3.33. The molecule has 1 aromatic heterocycles. The molecule has 2 nitrogen and oxygen atoms in total. The number of ketones is 1. The molecule has 2 aromatic rings. The van der Waals surface area contributed by atoms with Crippen molar-refractivity contribution in [3.8, 4) is 0 Å². The lowest BCUT2D eigenvalue weighted by Crippen LogP contribution is -2.01. The Morgan fingerprint density at radius 2 is 2.19 bits per heavy atom. The molecular formula is C12H10ClNOS. The van der Waals surface area contributed by atoms with Crippen molar-refractivity contribution in [3.05, 3.63) is 51.4 Å². The van der Waals surface area contributed by atoms with E-state index in [-0.39, 0.29) is 5.78 Å². The van der Waals surface area contributed by atoms with Crippen molar-refractivity contribution in [3.63, 3.8) is 0 Å². The Morgan fingerprint density at radius 1 is 1.38 bits per heavy atom. The van der Waals surface area contributed by atoms with Crippen LogP contribution in [0.3, 0.4) is 0 Å². The Labute approximate surface area is 103 Å². The highest BCUT2D eigenvalue weighted by Crippen LogP contribution is 2.18. The highest BCUT2D eigenvalue weighted by molar-refractivity contribution is 7.09. The maximum Gasteiger partial charge on any atom is 0.164 e. The van der Waals surface area contributed by atoms with Crippen LogP contribution in [0.2, 0.25) is 5.02 Å². The molecule has 0 unspecified atom stereocenters. The minimum Gasteiger partial charge on any atom is -0.294 e. The van der Waals surface area contributed by atoms with Gasteiger partial charge in [0.1, 0.15) is 0 Å². The van der Waals surface area contributed by atoms with Crippen molar-refractivity contribution in [2.24, 2.45) is 0 Å². The van der Waals surface area contributed by atoms with Crippen LogP contribution in [-0.2, 0) is 6.42 Å². The third kappa shape index (κ3) is 2.68. The molecule has 0 spiro atoms. The second-order valence-corrected chi connectivity index (χ2v) is 4.72. The van der Waals surface area contributed by atoms with Gasteiger partial charge in [-0.1, -0.05) is 23.7 Å². The number of aromatic nitrogens is 1. The number of benzene rings is 1. The molecule has 0 aliphatic heterocycles. The van der Waals surface area contributed by atoms with Crippen molar-refractivity contribution >= 4 is 28.7 Å². The highest BCUT2D eigenvalue weighted by atomic mass is 35.5. The zero-order valence-corrected chi connectivity index (χ0v) is 10.1. The van der Waals surface area contributed by atoms with Gasteiger partial charge in [0.25, 0.3) is 0 Å². The molecule has 0 N–H and O–H groups in total. The van der Waals surface area contributed by atoms with E-state index in [1.165, 1.54) is 0 Å². The van der Waals surface area contributed by atoms with Gasteiger partial charge in [-0.05, 0) is 12.1 Å². The van der Waals surface area contributed by atoms with E-state index in [9.17, 15) is 4.79 Å². The number of nitrogens with zero attached hydrogens (tertiary/aromatic N) is 1. The van der Waals surface area contributed by atoms with E-state index < -0.39 is 0 Å². The minimum atomic E-state index is 0.0702. The number of carbonyl (C=O) groups excluding carboxylic acids is 1. The van der Waals surface area contributed by atoms with Crippen LogP contribution in [0.4, 0.5) is 0 Å². The molecule has 0 saturated carbocycles. The summed E-state index contributed by atoms with van der Waals surface area (Å²) in [4.78, 5) is 16.0. The summed E-state index contributed by atoms with van der Waals surface area (Å²) < 4.78 is 0. The number of Topliss-reactive ketones (excluding diaryl/α,β-unsaturated/α-hetero) is 1. The molecule has 0 saturated heterocycles. The van der Waals surface area contributed by atoms with Gasteiger partial charge in [-0.15, -0.1) is 11.3 Å². The summed E-state index contributed by atoms with van der Waals surface area (Å²) in [6.45, 7) is 0. The van der Waals surface area contributed by atoms with Crippen LogP contribution in [-0.4, -0.2) is 10.8 Å². The van der Waals surface area contributed by atoms with E-state index in [0.717, 1.165) is 5.01 Å². The third-order valence-corrected chi connectivity index (χ3v) is 3.39. The van der Waals surface area contributed by atoms with Gasteiger partial charge in [0.05, 0.1) is 10.0 Å². The first kappa shape index (κ1) is 11.3. The zero-order chi connectivity index (χ0) is 11.4. The zero-order valence-electron chi connectivity index (χ0n) is 8.52. The van der Waals surface area contributed by atoms with E-state index in [1.807, 2.05) is 17.5 Å². The molecule has 0 aliphatic rings. The van der Waals surface area contributed by atoms with E-state index in [1.54, 1.807) is 29.7 Å². The number of hydrogen-bond acceptors (Lipinski definition) is 3. The molecule has 0 amide bonds. The largest absolute Gasteiger partial charge is 0.294 e. The lowest BCUT2D eigenvalue weighted by Gasteiger charge is -2.01. The standard InChI is InChI=1S/C12H10ClNOS/c13-10-4-2-1-3-9(10)11(15)5-6-12-14-7-8-16-12/h1-4,7-8H,5-6H2. The Balaban J connectivity index is 2.01. The van der Waals surface area contributed by atoms with Crippen molar-refractivity contribution < 1.29 is 4.79 Å². The molecule has 1 aromatic carbocycles. The minimum absolute atomic E-state index is 0.0702. The van der Waals surface area contributed by atoms with E-state index in [2.05, 4.69) is 4.98 Å². The monoisotopic (exact) mass is 251 g/mol. The van der Waals surface area contributed by atoms with Gasteiger partial charge in [0.2, 0.25) is 0 Å². The average molecular weight is 252 g/mol. The van der Waals surface area contributed by atoms with Gasteiger partial charge in [0.15, 0.2) is 5.78 Å². The second kappa shape index (κ2) is 5.23. The van der Waals surface area contributed by atoms with E-state index in [4.69, 9.17) is 11.6 Å². The van der Waals surface area contributed by atoms with Gasteiger partial charge in [0, 0.05) is 30.0 Å². The molecule has 0 radical (unpaired) electrons. The number of rotatable bonds is 4. The van der Waals surface area contributed by atoms with Crippen molar-refractivity contribution in [2.45, 2.75) is 12.8 Å². The Kier molecular flexibility index (Phi) is 3.70. The van der Waals surface area contributed by atoms with Crippen LogP contribution >= 0.6 is 22.9 Å². The molecule has 82 valence electrons. The lowest BCUT2D eigenvalue weighted by atomic mass is 10.1. The van der Waals surface area contributed by atoms with E-state index >= 15 is 0 Å². The van der Waals surface area contributed by atoms with Crippen LogP contribution < -0.4 is 0 Å². The predicted octanol–water partition coefficient (Wildman–Crippen LogP) is 3.61. The molecule has 0 aliphatic carbocycles. The summed E-state index contributed by atoms with van der Waals surface area (Å²) in [7, 11) is 0. The first-order valence-corrected chi connectivity index (χ1v) is 6.19. The molecule has 1 heterocycles. The molecular weight excluding hydrogens is 242 g/mol. The number of hydrogen-bond donors (Lipinski definition) is 0. The van der Waals surface area contributed by atoms with Crippen LogP contribution in [0, 0.1) is 0 Å². The average Bonchev–Trinajstić information content (AvgIpc) is 2.79. The fraction of sp³-hybridized carbons (Fsp3) is 0.167. The topological polar surface area (TPSA) is 30.0 Å². The lowest BCUT2D eigenvalue weighted by molar-refractivity contribution is 0.0983. The fourth-order valence-corrected chi connectivity index (χ4v) is 2.28. The van der Waals surface area contributed by atoms with Crippen LogP contribution in [0.15, 0.2) is 35.8 Å². The van der Waals surface area contributed by atoms with Crippen molar-refractivity contribution in [2.75, 3.05) is 0 Å². The highest BCUT2D eigenvalue weighted by Gasteiger charge is 2.10. The fourth-order valence-electron chi connectivity index (χ4n) is 1.42. The van der Waals surface area contributed by atoms with Gasteiger partial charge in [-0.3, -0.25) is 4.79 Å². The maximum absolute atomic E-state index is 11.9. The number of aryl methyl sites for hydroxylation is 1. The molecule has 0 bridgehead atoms. The summed E-state index contributed by atoms with van der Waals surface area (Å²) in [5, 5.41) is 3.42. The molecule has 4 heteroatoms. The van der Waals surface area contributed by atoms with Gasteiger partial charge in [-0.25, -0.2) is 4.98 Å². The molecule has 16 heavy (non-hydrogen) atoms. The molecule has 0 fully saturated rings. The Bertz CT molecular complexity index is 482. The van der Waals surface area contributed by atoms with Crippen molar-refractivity contribution in [1.29, 1.82) is 0 Å². The third-order valence-electron chi connectivity index (χ3n) is 2.22. The first-order chi connectivity index (χ1) is 7.77. The van der Waals surface area contributed by atoms with Gasteiger partial charge in [-0.2, -0.15) is 0 Å². The molecule has 0 atom stereocenters. The van der Waals surface area contributed by atoms with Crippen molar-refractivity contribution in [1.82, 2.24) is 4.98 Å². The van der Waals surface area contributed by atoms with Gasteiger partial charge >= 0.3 is 0 Å². The Hall–Kier alpha value is -1.19. The molecule has 2 rings (SSSR count). The van der Waals surface area contributed by atoms with E-state index in [0.29, 0.717) is 23.4 Å². The van der Waals surface area contributed by atoms with Crippen LogP contribution in [0.25, 0.3) is 0 Å². The summed E-state index contributed by atoms with van der Waals surface area (Å²) >= 11 is 7.51. The Morgan fingerprint density at radius 3 is 2.88 bits per heavy atom. The summed E-state index contributed by atoms with van der Waals surface area (Å²) in [6.07, 6.45) is 2.89. The number of thiazole rings is 1. The summed E-state index contributed by atoms with van der Waals surface area (Å²) in [5.74, 6) is 0.0702. The number of carbonyl (C=O) groups is 1. The number of halogens is 1. The van der Waals surface area contributed by atoms with Crippen LogP contribution in [0.1, 0.15) is 21.8 Å². The maximum atomic E-state index is 11.9. The summed E-state index contributed by atoms with van der Waals surface area (Å²) in [5.41, 5.74) is 0.598. The SMILES string of the molecule is O=C(CCc1nccs1)c1ccccc1Cl. The summed E-state index contributed by atoms with van der Waals surface area (Å²) in [6, 6.07) is 7.13. The van der Waals surface area contributed by atoms with Crippen LogP contribution in [0.5, 0.6) is 0 Å². The first-order valence-electron chi connectivity index (χ1n) is 4.93.